The Morgan fingerprint density at radius 1 is 0.531 bits per heavy atom. The minimum Gasteiger partial charge on any atom is -0.396 e. The number of aldehydes is 1. The van der Waals surface area contributed by atoms with Gasteiger partial charge in [-0.2, -0.15) is 0 Å². The van der Waals surface area contributed by atoms with E-state index in [1.54, 1.807) is 0 Å². The molecule has 0 unspecified atom stereocenters. The van der Waals surface area contributed by atoms with Crippen molar-refractivity contribution in [2.45, 2.75) is 83.5 Å². The third-order valence-corrected chi connectivity index (χ3v) is 14.4. The second kappa shape index (κ2) is 19.3. The van der Waals surface area contributed by atoms with Crippen molar-refractivity contribution in [3.05, 3.63) is 12.7 Å². The van der Waals surface area contributed by atoms with Gasteiger partial charge in [0.2, 0.25) is 0 Å². The van der Waals surface area contributed by atoms with Crippen LogP contribution in [0.1, 0.15) is 83.5 Å². The monoisotopic (exact) mass is 685 g/mol. The van der Waals surface area contributed by atoms with E-state index in [0.717, 1.165) is 71.9 Å². The highest BCUT2D eigenvalue weighted by molar-refractivity contribution is 5.58. The molecule has 4 aliphatic heterocycles. The van der Waals surface area contributed by atoms with Gasteiger partial charge in [0.15, 0.2) is 0 Å². The van der Waals surface area contributed by atoms with Gasteiger partial charge in [-0.3, -0.25) is 0 Å². The standard InChI is InChI=1S/C11H21NO.C11H19N.C10H19NO.C10H17NO/c1-12-5-2-9(3-6-12)11-8-10(11)4-7-13;1-3-9-8-11(9)10-4-6-12(2)7-5-10;2*1-11-4-2-8(3-5-11)10-6-9(10)7-12/h9-11,13H,2-8H2,1H3;3,9-11H,1,4-8H2,2H3;8-10,12H,2-7H2,1H3;7-10H,2-6H2,1H3/t10-,11+;9-,11-;2*9-,10-/m0011/s1. The summed E-state index contributed by atoms with van der Waals surface area (Å²) in [5.74, 6) is 10.2. The molecule has 8 fully saturated rings. The number of carbonyl (C=O) groups is 1. The first kappa shape index (κ1) is 39.4. The first-order valence-electron chi connectivity index (χ1n) is 20.8. The van der Waals surface area contributed by atoms with Gasteiger partial charge in [0.1, 0.15) is 6.29 Å². The summed E-state index contributed by atoms with van der Waals surface area (Å²) in [7, 11) is 8.83. The van der Waals surface area contributed by atoms with Crippen LogP contribution in [0.3, 0.4) is 0 Å². The van der Waals surface area contributed by atoms with Crippen LogP contribution in [0, 0.1) is 71.0 Å². The minimum atomic E-state index is 0.397. The van der Waals surface area contributed by atoms with Crippen molar-refractivity contribution in [3.63, 3.8) is 0 Å². The molecule has 0 bridgehead atoms. The third-order valence-electron chi connectivity index (χ3n) is 14.4. The lowest BCUT2D eigenvalue weighted by Crippen LogP contribution is -2.31. The number of piperidine rings is 4. The average Bonchev–Trinajstić information content (AvgIpc) is 3.94. The number of allylic oxidation sites excluding steroid dienone is 1. The van der Waals surface area contributed by atoms with E-state index in [1.165, 1.54) is 129 Å². The Morgan fingerprint density at radius 3 is 1.18 bits per heavy atom. The summed E-state index contributed by atoms with van der Waals surface area (Å²) in [6.45, 7) is 14.9. The molecule has 7 heteroatoms. The Hall–Kier alpha value is -0.830. The summed E-state index contributed by atoms with van der Waals surface area (Å²) in [5, 5.41) is 17.8. The van der Waals surface area contributed by atoms with Crippen molar-refractivity contribution in [2.24, 2.45) is 71.0 Å². The summed E-state index contributed by atoms with van der Waals surface area (Å²) < 4.78 is 0. The zero-order valence-corrected chi connectivity index (χ0v) is 32.1. The summed E-state index contributed by atoms with van der Waals surface area (Å²) >= 11 is 0. The van der Waals surface area contributed by atoms with E-state index in [9.17, 15) is 4.79 Å². The van der Waals surface area contributed by atoms with Gasteiger partial charge in [0, 0.05) is 19.1 Å². The molecule has 4 saturated heterocycles. The van der Waals surface area contributed by atoms with Crippen molar-refractivity contribution in [3.8, 4) is 0 Å². The van der Waals surface area contributed by atoms with Gasteiger partial charge < -0.3 is 34.6 Å². The lowest BCUT2D eigenvalue weighted by Gasteiger charge is -2.29. The fourth-order valence-electron chi connectivity index (χ4n) is 10.2. The predicted molar refractivity (Wildman–Crippen MR) is 202 cm³/mol. The predicted octanol–water partition coefficient (Wildman–Crippen LogP) is 5.62. The number of aliphatic hydroxyl groups excluding tert-OH is 2. The molecule has 4 saturated carbocycles. The van der Waals surface area contributed by atoms with Gasteiger partial charge >= 0.3 is 0 Å². The SMILES string of the molecule is C=C[C@H]1C[C@@H]1C1CCN(C)CC1.CN1CCC([C@H]2C[C@@H]2C=O)CC1.CN1CCC([C@H]2C[C@@H]2CCO)CC1.CN1CCC([C@H]2C[C@@H]2CO)CC1. The topological polar surface area (TPSA) is 70.5 Å². The summed E-state index contributed by atoms with van der Waals surface area (Å²) in [6.07, 6.45) is 20.6. The molecular formula is C42H76N4O3. The Morgan fingerprint density at radius 2 is 0.878 bits per heavy atom. The molecule has 4 aliphatic carbocycles. The van der Waals surface area contributed by atoms with Crippen LogP contribution in [0.5, 0.6) is 0 Å². The number of hydrogen-bond donors (Lipinski definition) is 2. The van der Waals surface area contributed by atoms with Crippen LogP contribution in [0.15, 0.2) is 12.7 Å². The van der Waals surface area contributed by atoms with Crippen molar-refractivity contribution < 1.29 is 15.0 Å². The molecule has 8 atom stereocenters. The quantitative estimate of drug-likeness (QED) is 0.242. The second-order valence-corrected chi connectivity index (χ2v) is 18.1. The number of likely N-dealkylation sites (tertiary alicyclic amines) is 4. The maximum Gasteiger partial charge on any atom is 0.123 e. The minimum absolute atomic E-state index is 0.397. The summed E-state index contributed by atoms with van der Waals surface area (Å²) in [6, 6.07) is 0. The highest BCUT2D eigenvalue weighted by atomic mass is 16.3. The van der Waals surface area contributed by atoms with E-state index < -0.39 is 0 Å². The molecule has 8 rings (SSSR count). The van der Waals surface area contributed by atoms with Gasteiger partial charge in [-0.1, -0.05) is 6.08 Å². The van der Waals surface area contributed by atoms with Crippen molar-refractivity contribution >= 4 is 6.29 Å². The van der Waals surface area contributed by atoms with E-state index in [2.05, 4.69) is 60.4 Å². The van der Waals surface area contributed by atoms with E-state index in [0.29, 0.717) is 25.0 Å². The Balaban J connectivity index is 0.000000127. The van der Waals surface area contributed by atoms with Crippen LogP contribution >= 0.6 is 0 Å². The van der Waals surface area contributed by atoms with E-state index >= 15 is 0 Å². The molecule has 0 amide bonds. The van der Waals surface area contributed by atoms with E-state index in [4.69, 9.17) is 10.2 Å². The lowest BCUT2D eigenvalue weighted by atomic mass is 9.91. The van der Waals surface area contributed by atoms with Crippen LogP contribution < -0.4 is 0 Å². The first-order chi connectivity index (χ1) is 23.7. The smallest absolute Gasteiger partial charge is 0.123 e. The molecule has 0 aromatic rings. The molecule has 282 valence electrons. The largest absolute Gasteiger partial charge is 0.396 e. The molecule has 0 aromatic heterocycles. The summed E-state index contributed by atoms with van der Waals surface area (Å²) in [5.41, 5.74) is 0. The van der Waals surface area contributed by atoms with Gasteiger partial charge in [-0.05, 0) is 229 Å². The number of carbonyl (C=O) groups excluding carboxylic acids is 1. The zero-order chi connectivity index (χ0) is 34.9. The van der Waals surface area contributed by atoms with Crippen molar-refractivity contribution in [2.75, 3.05) is 93.8 Å². The van der Waals surface area contributed by atoms with Crippen molar-refractivity contribution in [1.82, 2.24) is 19.6 Å². The summed E-state index contributed by atoms with van der Waals surface area (Å²) in [4.78, 5) is 20.1. The van der Waals surface area contributed by atoms with Crippen molar-refractivity contribution in [1.29, 1.82) is 0 Å². The molecule has 49 heavy (non-hydrogen) atoms. The molecule has 8 aliphatic rings. The molecule has 4 heterocycles. The Kier molecular flexibility index (Phi) is 15.5. The number of rotatable bonds is 9. The van der Waals surface area contributed by atoms with Crippen LogP contribution in [0.4, 0.5) is 0 Å². The normalized spacial score (nSPS) is 37.8. The number of hydrogen-bond acceptors (Lipinski definition) is 7. The second-order valence-electron chi connectivity index (χ2n) is 18.1. The number of nitrogens with zero attached hydrogens (tertiary/aromatic N) is 4. The molecular weight excluding hydrogens is 608 g/mol. The Bertz CT molecular complexity index is 925. The highest BCUT2D eigenvalue weighted by Crippen LogP contribution is 2.50. The highest BCUT2D eigenvalue weighted by Gasteiger charge is 2.45. The van der Waals surface area contributed by atoms with Gasteiger partial charge in [-0.25, -0.2) is 0 Å². The fourth-order valence-corrected chi connectivity index (χ4v) is 10.2. The van der Waals surface area contributed by atoms with Gasteiger partial charge in [0.05, 0.1) is 0 Å². The fraction of sp³-hybridized carbons (Fsp3) is 0.929. The average molecular weight is 685 g/mol. The maximum atomic E-state index is 10.5. The Labute approximate surface area is 301 Å². The number of aliphatic hydroxyl groups is 2. The molecule has 0 radical (unpaired) electrons. The molecule has 0 spiro atoms. The zero-order valence-electron chi connectivity index (χ0n) is 32.1. The van der Waals surface area contributed by atoms with E-state index in [-0.39, 0.29) is 0 Å². The van der Waals surface area contributed by atoms with Crippen LogP contribution in [0.25, 0.3) is 0 Å². The van der Waals surface area contributed by atoms with Crippen LogP contribution in [-0.4, -0.2) is 130 Å². The molecule has 2 N–H and O–H groups in total. The molecule has 0 aromatic carbocycles. The maximum absolute atomic E-state index is 10.5. The van der Waals surface area contributed by atoms with Gasteiger partial charge in [0.25, 0.3) is 0 Å². The van der Waals surface area contributed by atoms with Crippen LogP contribution in [-0.2, 0) is 4.79 Å². The first-order valence-corrected chi connectivity index (χ1v) is 20.8. The lowest BCUT2D eigenvalue weighted by molar-refractivity contribution is -0.109. The van der Waals surface area contributed by atoms with Gasteiger partial charge in [-0.15, -0.1) is 6.58 Å². The van der Waals surface area contributed by atoms with E-state index in [1.807, 2.05) is 0 Å². The third kappa shape index (κ3) is 12.4. The molecule has 7 nitrogen and oxygen atoms in total. The van der Waals surface area contributed by atoms with Crippen LogP contribution in [0.2, 0.25) is 0 Å².